The van der Waals surface area contributed by atoms with Crippen molar-refractivity contribution in [2.45, 2.75) is 6.18 Å². The van der Waals surface area contributed by atoms with Crippen LogP contribution in [0, 0.1) is 5.82 Å². The number of carbonyl (C=O) groups is 1. The molecule has 0 unspecified atom stereocenters. The van der Waals surface area contributed by atoms with E-state index in [1.54, 1.807) is 0 Å². The van der Waals surface area contributed by atoms with Gasteiger partial charge in [0.2, 0.25) is 0 Å². The summed E-state index contributed by atoms with van der Waals surface area (Å²) in [6, 6.07) is 3.17. The smallest absolute Gasteiger partial charge is 0.319 e. The van der Waals surface area contributed by atoms with Crippen molar-refractivity contribution in [3.8, 4) is 0 Å². The van der Waals surface area contributed by atoms with Crippen LogP contribution in [0.2, 0.25) is 5.02 Å². The Hall–Kier alpha value is -2.15. The number of pyridine rings is 1. The van der Waals surface area contributed by atoms with Crippen molar-refractivity contribution in [2.24, 2.45) is 0 Å². The van der Waals surface area contributed by atoms with Gasteiger partial charge in [-0.25, -0.2) is 4.39 Å². The maximum Gasteiger partial charge on any atom is 0.416 e. The predicted molar refractivity (Wildman–Crippen MR) is 68.6 cm³/mol. The standard InChI is InChI=1S/C13H7ClF4N2O/c14-9-3-4-19-6-8(9)12(21)20-11-2-1-7(5-10(11)15)13(16,17)18/h1-6H,(H,20,21). The predicted octanol–water partition coefficient (Wildman–Crippen LogP) is 4.15. The van der Waals surface area contributed by atoms with E-state index >= 15 is 0 Å². The molecule has 0 fully saturated rings. The van der Waals surface area contributed by atoms with E-state index in [0.29, 0.717) is 12.1 Å². The Morgan fingerprint density at radius 2 is 1.95 bits per heavy atom. The van der Waals surface area contributed by atoms with E-state index < -0.39 is 23.5 Å². The van der Waals surface area contributed by atoms with Crippen LogP contribution in [0.4, 0.5) is 23.2 Å². The van der Waals surface area contributed by atoms with Gasteiger partial charge in [0.25, 0.3) is 5.91 Å². The molecule has 3 nitrogen and oxygen atoms in total. The molecule has 0 saturated carbocycles. The minimum absolute atomic E-state index is 0.0153. The molecule has 0 atom stereocenters. The van der Waals surface area contributed by atoms with Gasteiger partial charge in [0.05, 0.1) is 21.8 Å². The van der Waals surface area contributed by atoms with Crippen molar-refractivity contribution in [1.82, 2.24) is 4.98 Å². The van der Waals surface area contributed by atoms with Gasteiger partial charge in [-0.1, -0.05) is 11.6 Å². The number of hydrogen-bond acceptors (Lipinski definition) is 2. The fourth-order valence-corrected chi connectivity index (χ4v) is 1.72. The molecule has 0 aliphatic rings. The normalized spacial score (nSPS) is 11.3. The SMILES string of the molecule is O=C(Nc1ccc(C(F)(F)F)cc1F)c1cnccc1Cl. The molecule has 110 valence electrons. The topological polar surface area (TPSA) is 42.0 Å². The Morgan fingerprint density at radius 1 is 1.24 bits per heavy atom. The van der Waals surface area contributed by atoms with Crippen LogP contribution in [0.3, 0.4) is 0 Å². The van der Waals surface area contributed by atoms with Crippen LogP contribution in [-0.4, -0.2) is 10.9 Å². The molecule has 2 aromatic rings. The summed E-state index contributed by atoms with van der Waals surface area (Å²) in [7, 11) is 0. The Balaban J connectivity index is 2.25. The maximum absolute atomic E-state index is 13.6. The molecule has 0 radical (unpaired) electrons. The van der Waals surface area contributed by atoms with Gasteiger partial charge in [-0.15, -0.1) is 0 Å². The molecule has 0 saturated heterocycles. The summed E-state index contributed by atoms with van der Waals surface area (Å²) in [5.41, 5.74) is -1.54. The van der Waals surface area contributed by atoms with Gasteiger partial charge in [-0.2, -0.15) is 13.2 Å². The number of hydrogen-bond donors (Lipinski definition) is 1. The third-order valence-electron chi connectivity index (χ3n) is 2.56. The summed E-state index contributed by atoms with van der Waals surface area (Å²) >= 11 is 5.77. The van der Waals surface area contributed by atoms with Crippen LogP contribution in [0.15, 0.2) is 36.7 Å². The lowest BCUT2D eigenvalue weighted by Crippen LogP contribution is -2.14. The van der Waals surface area contributed by atoms with Crippen LogP contribution in [-0.2, 0) is 6.18 Å². The minimum Gasteiger partial charge on any atom is -0.319 e. The number of amides is 1. The summed E-state index contributed by atoms with van der Waals surface area (Å²) in [4.78, 5) is 15.5. The maximum atomic E-state index is 13.6. The van der Waals surface area contributed by atoms with Gasteiger partial charge in [0.1, 0.15) is 5.82 Å². The van der Waals surface area contributed by atoms with Crippen LogP contribution in [0.5, 0.6) is 0 Å². The Labute approximate surface area is 121 Å². The first kappa shape index (κ1) is 15.2. The lowest BCUT2D eigenvalue weighted by atomic mass is 10.2. The molecule has 1 amide bonds. The largest absolute Gasteiger partial charge is 0.416 e. The van der Waals surface area contributed by atoms with Crippen LogP contribution >= 0.6 is 11.6 Å². The molecule has 0 aliphatic carbocycles. The second-order valence-corrected chi connectivity index (χ2v) is 4.41. The molecule has 1 heterocycles. The van der Waals surface area contributed by atoms with Crippen molar-refractivity contribution in [3.63, 3.8) is 0 Å². The summed E-state index contributed by atoms with van der Waals surface area (Å²) in [5.74, 6) is -1.97. The zero-order valence-electron chi connectivity index (χ0n) is 10.2. The van der Waals surface area contributed by atoms with Crippen LogP contribution < -0.4 is 5.32 Å². The first-order valence-corrected chi connectivity index (χ1v) is 5.94. The van der Waals surface area contributed by atoms with Crippen LogP contribution in [0.25, 0.3) is 0 Å². The molecule has 0 aliphatic heterocycles. The number of aromatic nitrogens is 1. The average molecular weight is 319 g/mol. The number of nitrogens with one attached hydrogen (secondary N) is 1. The van der Waals surface area contributed by atoms with Gasteiger partial charge in [0.15, 0.2) is 0 Å². The lowest BCUT2D eigenvalue weighted by molar-refractivity contribution is -0.137. The van der Waals surface area contributed by atoms with E-state index in [0.717, 1.165) is 6.07 Å². The third-order valence-corrected chi connectivity index (χ3v) is 2.89. The Kier molecular flexibility index (Phi) is 4.13. The monoisotopic (exact) mass is 318 g/mol. The van der Waals surface area contributed by atoms with Gasteiger partial charge >= 0.3 is 6.18 Å². The highest BCUT2D eigenvalue weighted by atomic mass is 35.5. The van der Waals surface area contributed by atoms with Gasteiger partial charge in [0, 0.05) is 12.4 Å². The van der Waals surface area contributed by atoms with E-state index in [2.05, 4.69) is 10.3 Å². The first-order chi connectivity index (χ1) is 9.79. The van der Waals surface area contributed by atoms with E-state index in [4.69, 9.17) is 11.6 Å². The number of anilines is 1. The van der Waals surface area contributed by atoms with E-state index in [1.165, 1.54) is 18.5 Å². The zero-order chi connectivity index (χ0) is 15.6. The molecule has 1 aromatic carbocycles. The van der Waals surface area contributed by atoms with E-state index in [1.807, 2.05) is 0 Å². The fraction of sp³-hybridized carbons (Fsp3) is 0.0769. The van der Waals surface area contributed by atoms with Crippen LogP contribution in [0.1, 0.15) is 15.9 Å². The highest BCUT2D eigenvalue weighted by molar-refractivity contribution is 6.34. The summed E-state index contributed by atoms with van der Waals surface area (Å²) in [6.07, 6.45) is -2.13. The highest BCUT2D eigenvalue weighted by Crippen LogP contribution is 2.31. The molecule has 0 spiro atoms. The van der Waals surface area contributed by atoms with E-state index in [-0.39, 0.29) is 16.3 Å². The number of rotatable bonds is 2. The highest BCUT2D eigenvalue weighted by Gasteiger charge is 2.31. The van der Waals surface area contributed by atoms with Gasteiger partial charge in [-0.3, -0.25) is 9.78 Å². The third kappa shape index (κ3) is 3.49. The summed E-state index contributed by atoms with van der Waals surface area (Å²) in [5, 5.41) is 2.23. The molecular formula is C13H7ClF4N2O. The number of carbonyl (C=O) groups excluding carboxylic acids is 1. The average Bonchev–Trinajstić information content (AvgIpc) is 2.40. The molecule has 1 N–H and O–H groups in total. The van der Waals surface area contributed by atoms with Crippen molar-refractivity contribution in [1.29, 1.82) is 0 Å². The van der Waals surface area contributed by atoms with Crippen molar-refractivity contribution in [2.75, 3.05) is 5.32 Å². The second kappa shape index (κ2) is 5.69. The molecule has 8 heteroatoms. The van der Waals surface area contributed by atoms with Gasteiger partial charge < -0.3 is 5.32 Å². The molecular weight excluding hydrogens is 312 g/mol. The zero-order valence-corrected chi connectivity index (χ0v) is 11.0. The van der Waals surface area contributed by atoms with Crippen molar-refractivity contribution >= 4 is 23.2 Å². The molecule has 2 rings (SSSR count). The fourth-order valence-electron chi connectivity index (χ4n) is 1.53. The number of nitrogens with zero attached hydrogens (tertiary/aromatic N) is 1. The van der Waals surface area contributed by atoms with E-state index in [9.17, 15) is 22.4 Å². The number of halogens is 5. The summed E-state index contributed by atoms with van der Waals surface area (Å²) in [6.45, 7) is 0. The van der Waals surface area contributed by atoms with Gasteiger partial charge in [-0.05, 0) is 24.3 Å². The minimum atomic E-state index is -4.66. The van der Waals surface area contributed by atoms with Crippen molar-refractivity contribution < 1.29 is 22.4 Å². The Morgan fingerprint density at radius 3 is 2.52 bits per heavy atom. The lowest BCUT2D eigenvalue weighted by Gasteiger charge is -2.10. The number of benzene rings is 1. The quantitative estimate of drug-likeness (QED) is 0.845. The van der Waals surface area contributed by atoms with Crippen molar-refractivity contribution in [3.05, 3.63) is 58.6 Å². The molecule has 1 aromatic heterocycles. The number of alkyl halides is 3. The summed E-state index contributed by atoms with van der Waals surface area (Å²) < 4.78 is 50.8. The second-order valence-electron chi connectivity index (χ2n) is 4.00. The Bertz CT molecular complexity index is 688. The molecule has 0 bridgehead atoms. The molecule has 21 heavy (non-hydrogen) atoms. The first-order valence-electron chi connectivity index (χ1n) is 5.56.